The molecule has 0 amide bonds. The molecule has 0 radical (unpaired) electrons. The lowest BCUT2D eigenvalue weighted by atomic mass is 9.78. The maximum absolute atomic E-state index is 4.68. The van der Waals surface area contributed by atoms with E-state index in [0.29, 0.717) is 5.54 Å². The monoisotopic (exact) mass is 293 g/mol. The lowest BCUT2D eigenvalue weighted by molar-refractivity contribution is 0.251. The van der Waals surface area contributed by atoms with Gasteiger partial charge in [0.25, 0.3) is 0 Å². The molecule has 1 saturated heterocycles. The van der Waals surface area contributed by atoms with Gasteiger partial charge in [-0.05, 0) is 31.6 Å². The third-order valence-corrected chi connectivity index (χ3v) is 5.53. The van der Waals surface area contributed by atoms with E-state index >= 15 is 0 Å². The lowest BCUT2D eigenvalue weighted by Crippen LogP contribution is -2.46. The third kappa shape index (κ3) is 3.16. The number of aryl methyl sites for hydroxylation is 1. The minimum Gasteiger partial charge on any atom is -0.359 e. The van der Waals surface area contributed by atoms with Crippen LogP contribution in [0, 0.1) is 5.92 Å². The Morgan fingerprint density at radius 1 is 1.50 bits per heavy atom. The summed E-state index contributed by atoms with van der Waals surface area (Å²) >= 11 is 1.88. The average Bonchev–Trinajstić information content (AvgIpc) is 3.02. The van der Waals surface area contributed by atoms with E-state index in [0.717, 1.165) is 29.9 Å². The summed E-state index contributed by atoms with van der Waals surface area (Å²) < 4.78 is 1.74. The van der Waals surface area contributed by atoms with Crippen LogP contribution in [0.5, 0.6) is 0 Å². The molecule has 0 atom stereocenters. The highest BCUT2D eigenvalue weighted by molar-refractivity contribution is 8.14. The zero-order valence-electron chi connectivity index (χ0n) is 12.3. The summed E-state index contributed by atoms with van der Waals surface area (Å²) in [5.41, 5.74) is 0.333. The summed E-state index contributed by atoms with van der Waals surface area (Å²) in [7, 11) is 1.89. The van der Waals surface area contributed by atoms with Crippen molar-refractivity contribution in [2.45, 2.75) is 44.6 Å². The first-order chi connectivity index (χ1) is 9.65. The zero-order valence-corrected chi connectivity index (χ0v) is 13.1. The quantitative estimate of drug-likeness (QED) is 0.926. The van der Waals surface area contributed by atoms with Crippen molar-refractivity contribution in [3.63, 3.8) is 0 Å². The van der Waals surface area contributed by atoms with E-state index in [9.17, 15) is 0 Å². The van der Waals surface area contributed by atoms with Crippen LogP contribution in [0.2, 0.25) is 0 Å². The second-order valence-corrected chi connectivity index (χ2v) is 7.11. The van der Waals surface area contributed by atoms with E-state index < -0.39 is 0 Å². The Balaban J connectivity index is 1.50. The summed E-state index contributed by atoms with van der Waals surface area (Å²) in [4.78, 5) is 8.90. The van der Waals surface area contributed by atoms with E-state index in [2.05, 4.69) is 27.3 Å². The normalized spacial score (nSPS) is 31.9. The second-order valence-electron chi connectivity index (χ2n) is 6.15. The van der Waals surface area contributed by atoms with Crippen LogP contribution in [-0.2, 0) is 13.5 Å². The predicted molar refractivity (Wildman–Crippen MR) is 83.0 cm³/mol. The van der Waals surface area contributed by atoms with Gasteiger partial charge in [0.1, 0.15) is 6.33 Å². The first-order valence-corrected chi connectivity index (χ1v) is 8.44. The lowest BCUT2D eigenvalue weighted by Gasteiger charge is -2.35. The standard InChI is InChI=1S/C14H23N5S/c1-11-3-6-14(7-4-11)9-20-13(17-14)15-8-5-12-16-10-19(2)18-12/h10-11H,3-9H2,1-2H3,(H,15,17). The molecule has 2 fully saturated rings. The molecule has 0 aromatic carbocycles. The Morgan fingerprint density at radius 3 is 3.00 bits per heavy atom. The van der Waals surface area contributed by atoms with Crippen molar-refractivity contribution in [3.8, 4) is 0 Å². The Hall–Kier alpha value is -1.04. The van der Waals surface area contributed by atoms with Gasteiger partial charge in [0.2, 0.25) is 0 Å². The van der Waals surface area contributed by atoms with Crippen molar-refractivity contribution in [1.29, 1.82) is 0 Å². The molecule has 0 unspecified atom stereocenters. The van der Waals surface area contributed by atoms with Gasteiger partial charge in [-0.1, -0.05) is 18.7 Å². The Bertz CT molecular complexity index is 488. The van der Waals surface area contributed by atoms with Crippen molar-refractivity contribution in [2.24, 2.45) is 18.0 Å². The van der Waals surface area contributed by atoms with E-state index in [1.165, 1.54) is 31.4 Å². The molecule has 0 bridgehead atoms. The minimum absolute atomic E-state index is 0.333. The Kier molecular flexibility index (Phi) is 4.01. The number of amidine groups is 1. The van der Waals surface area contributed by atoms with Gasteiger partial charge in [0.05, 0.1) is 0 Å². The van der Waals surface area contributed by atoms with Crippen LogP contribution in [0.25, 0.3) is 0 Å². The molecule has 1 aromatic heterocycles. The van der Waals surface area contributed by atoms with Crippen molar-refractivity contribution in [1.82, 2.24) is 20.1 Å². The van der Waals surface area contributed by atoms with Gasteiger partial charge in [-0.3, -0.25) is 9.67 Å². The molecule has 5 nitrogen and oxygen atoms in total. The number of hydrogen-bond acceptors (Lipinski definition) is 4. The first-order valence-electron chi connectivity index (χ1n) is 7.45. The molecule has 1 saturated carbocycles. The molecule has 2 heterocycles. The van der Waals surface area contributed by atoms with Gasteiger partial charge in [-0.25, -0.2) is 4.98 Å². The molecule has 1 aliphatic heterocycles. The molecule has 1 aromatic rings. The molecule has 1 spiro atoms. The molecule has 20 heavy (non-hydrogen) atoms. The van der Waals surface area contributed by atoms with Gasteiger partial charge in [-0.2, -0.15) is 5.10 Å². The fraction of sp³-hybridized carbons (Fsp3) is 0.786. The number of aliphatic imine (C=N–C) groups is 1. The third-order valence-electron chi connectivity index (χ3n) is 4.33. The van der Waals surface area contributed by atoms with Crippen molar-refractivity contribution in [3.05, 3.63) is 12.2 Å². The zero-order chi connectivity index (χ0) is 14.0. The van der Waals surface area contributed by atoms with Gasteiger partial charge < -0.3 is 5.32 Å². The molecule has 2 aliphatic rings. The van der Waals surface area contributed by atoms with Crippen LogP contribution in [0.4, 0.5) is 0 Å². The number of rotatable bonds is 3. The second kappa shape index (κ2) is 5.76. The van der Waals surface area contributed by atoms with Crippen LogP contribution in [0.1, 0.15) is 38.4 Å². The van der Waals surface area contributed by atoms with E-state index in [1.54, 1.807) is 11.0 Å². The number of hydrogen-bond donors (Lipinski definition) is 1. The topological polar surface area (TPSA) is 55.1 Å². The van der Waals surface area contributed by atoms with E-state index in [1.807, 2.05) is 18.8 Å². The highest BCUT2D eigenvalue weighted by atomic mass is 32.2. The summed E-state index contributed by atoms with van der Waals surface area (Å²) in [5.74, 6) is 2.95. The number of nitrogens with one attached hydrogen (secondary N) is 1. The summed E-state index contributed by atoms with van der Waals surface area (Å²) in [5, 5.41) is 9.08. The average molecular weight is 293 g/mol. The van der Waals surface area contributed by atoms with Gasteiger partial charge >= 0.3 is 0 Å². The van der Waals surface area contributed by atoms with Gasteiger partial charge in [0.15, 0.2) is 11.0 Å². The van der Waals surface area contributed by atoms with Gasteiger partial charge in [-0.15, -0.1) is 0 Å². The fourth-order valence-electron chi connectivity index (χ4n) is 2.93. The summed E-state index contributed by atoms with van der Waals surface area (Å²) in [6, 6.07) is 0. The molecular formula is C14H23N5S. The SMILES string of the molecule is CC1CCC2(CC1)CSC(=NCCc1ncn(C)n1)N2. The molecule has 6 heteroatoms. The molecule has 1 N–H and O–H groups in total. The Morgan fingerprint density at radius 2 is 2.30 bits per heavy atom. The summed E-state index contributed by atoms with van der Waals surface area (Å²) in [6.45, 7) is 3.13. The highest BCUT2D eigenvalue weighted by Crippen LogP contribution is 2.38. The number of thioether (sulfide) groups is 1. The molecular weight excluding hydrogens is 270 g/mol. The van der Waals surface area contributed by atoms with Crippen LogP contribution >= 0.6 is 11.8 Å². The molecule has 3 rings (SSSR count). The first kappa shape index (κ1) is 13.9. The van der Waals surface area contributed by atoms with Crippen LogP contribution < -0.4 is 5.32 Å². The van der Waals surface area contributed by atoms with Gasteiger partial charge in [0, 0.05) is 31.3 Å². The fourth-order valence-corrected chi connectivity index (χ4v) is 4.18. The van der Waals surface area contributed by atoms with Crippen LogP contribution in [-0.4, -0.2) is 37.8 Å². The number of nitrogens with zero attached hydrogens (tertiary/aromatic N) is 4. The van der Waals surface area contributed by atoms with Crippen LogP contribution in [0.3, 0.4) is 0 Å². The van der Waals surface area contributed by atoms with Crippen molar-refractivity contribution >= 4 is 16.9 Å². The van der Waals surface area contributed by atoms with E-state index in [4.69, 9.17) is 0 Å². The molecule has 1 aliphatic carbocycles. The summed E-state index contributed by atoms with van der Waals surface area (Å²) in [6.07, 6.45) is 7.83. The predicted octanol–water partition coefficient (Wildman–Crippen LogP) is 2.00. The van der Waals surface area contributed by atoms with Crippen molar-refractivity contribution < 1.29 is 0 Å². The molecule has 110 valence electrons. The van der Waals surface area contributed by atoms with E-state index in [-0.39, 0.29) is 0 Å². The largest absolute Gasteiger partial charge is 0.359 e. The van der Waals surface area contributed by atoms with Crippen molar-refractivity contribution in [2.75, 3.05) is 12.3 Å². The highest BCUT2D eigenvalue weighted by Gasteiger charge is 2.39. The minimum atomic E-state index is 0.333. The number of aromatic nitrogens is 3. The van der Waals surface area contributed by atoms with Crippen LogP contribution in [0.15, 0.2) is 11.3 Å². The Labute approximate surface area is 124 Å². The smallest absolute Gasteiger partial charge is 0.157 e. The maximum Gasteiger partial charge on any atom is 0.157 e. The maximum atomic E-state index is 4.68.